The molecule has 0 amide bonds. The van der Waals surface area contributed by atoms with Crippen molar-refractivity contribution in [2.75, 3.05) is 6.61 Å². The molecule has 0 spiro atoms. The highest BCUT2D eigenvalue weighted by Crippen LogP contribution is 2.12. The van der Waals surface area contributed by atoms with Crippen LogP contribution >= 0.6 is 0 Å². The van der Waals surface area contributed by atoms with Gasteiger partial charge >= 0.3 is 0 Å². The summed E-state index contributed by atoms with van der Waals surface area (Å²) in [4.78, 5) is 0. The number of aliphatic hydroxyl groups excluding tert-OH is 1. The molecule has 0 aliphatic rings. The fraction of sp³-hybridized carbons (Fsp3) is 0.833. The Labute approximate surface area is 87.7 Å². The third-order valence-electron chi connectivity index (χ3n) is 1.74. The maximum Gasteiger partial charge on any atom is 0.115 e. The van der Waals surface area contributed by atoms with E-state index in [1.165, 1.54) is 0 Å². The fourth-order valence-electron chi connectivity index (χ4n) is 1.07. The van der Waals surface area contributed by atoms with Crippen LogP contribution in [0.4, 0.5) is 0 Å². The van der Waals surface area contributed by atoms with E-state index in [1.54, 1.807) is 6.92 Å². The summed E-state index contributed by atoms with van der Waals surface area (Å²) in [6.07, 6.45) is 0.162. The Morgan fingerprint density at radius 1 is 1.36 bits per heavy atom. The molecular weight excluding hydrogens is 176 g/mol. The van der Waals surface area contributed by atoms with E-state index in [0.717, 1.165) is 0 Å². The molecule has 82 valence electrons. The van der Waals surface area contributed by atoms with Gasteiger partial charge in [-0.05, 0) is 40.0 Å². The molecule has 2 heteroatoms. The molecule has 1 N–H and O–H groups in total. The second-order valence-electron chi connectivity index (χ2n) is 4.67. The zero-order chi connectivity index (χ0) is 11.2. The molecule has 0 rings (SSSR count). The van der Waals surface area contributed by atoms with Gasteiger partial charge in [-0.1, -0.05) is 12.8 Å². The van der Waals surface area contributed by atoms with Crippen molar-refractivity contribution in [3.8, 4) is 11.8 Å². The average molecular weight is 198 g/mol. The molecular formula is C12H22O2. The van der Waals surface area contributed by atoms with E-state index in [-0.39, 0.29) is 5.60 Å². The molecule has 0 aliphatic heterocycles. The highest BCUT2D eigenvalue weighted by molar-refractivity contribution is 5.01. The first-order chi connectivity index (χ1) is 6.35. The molecule has 14 heavy (non-hydrogen) atoms. The van der Waals surface area contributed by atoms with Gasteiger partial charge in [-0.2, -0.15) is 0 Å². The van der Waals surface area contributed by atoms with Gasteiger partial charge in [0.05, 0.1) is 5.60 Å². The lowest BCUT2D eigenvalue weighted by Crippen LogP contribution is -2.24. The monoisotopic (exact) mass is 198 g/mol. The fourth-order valence-corrected chi connectivity index (χ4v) is 1.07. The van der Waals surface area contributed by atoms with Crippen LogP contribution in [0.2, 0.25) is 0 Å². The van der Waals surface area contributed by atoms with Gasteiger partial charge in [-0.15, -0.1) is 5.92 Å². The Hall–Kier alpha value is -0.520. The zero-order valence-corrected chi connectivity index (χ0v) is 9.92. The molecule has 0 saturated carbocycles. The first kappa shape index (κ1) is 13.5. The molecule has 0 saturated heterocycles. The van der Waals surface area contributed by atoms with Crippen molar-refractivity contribution >= 4 is 0 Å². The second kappa shape index (κ2) is 6.06. The normalized spacial score (nSPS) is 15.6. The Morgan fingerprint density at radius 2 is 1.93 bits per heavy atom. The van der Waals surface area contributed by atoms with Crippen LogP contribution in [0.5, 0.6) is 0 Å². The molecule has 0 bridgehead atoms. The third-order valence-corrected chi connectivity index (χ3v) is 1.74. The van der Waals surface area contributed by atoms with E-state index in [9.17, 15) is 5.11 Å². The Morgan fingerprint density at radius 3 is 2.36 bits per heavy atom. The molecule has 2 nitrogen and oxygen atoms in total. The molecule has 0 aromatic heterocycles. The minimum Gasteiger partial charge on any atom is -0.380 e. The van der Waals surface area contributed by atoms with Crippen molar-refractivity contribution in [1.29, 1.82) is 0 Å². The van der Waals surface area contributed by atoms with Crippen molar-refractivity contribution in [3.05, 3.63) is 0 Å². The Bertz CT molecular complexity index is 205. The summed E-state index contributed by atoms with van der Waals surface area (Å²) in [5.41, 5.74) is -0.102. The van der Waals surface area contributed by atoms with Crippen LogP contribution in [-0.4, -0.2) is 23.4 Å². The lowest BCUT2D eigenvalue weighted by molar-refractivity contribution is -0.0245. The topological polar surface area (TPSA) is 29.5 Å². The first-order valence-electron chi connectivity index (χ1n) is 5.09. The molecule has 0 aromatic carbocycles. The van der Waals surface area contributed by atoms with Crippen molar-refractivity contribution in [2.24, 2.45) is 5.92 Å². The summed E-state index contributed by atoms with van der Waals surface area (Å²) in [5.74, 6) is 5.77. The van der Waals surface area contributed by atoms with Crippen molar-refractivity contribution < 1.29 is 9.84 Å². The predicted molar refractivity (Wildman–Crippen MR) is 58.9 cm³/mol. The number of ether oxygens (including phenoxy) is 1. The van der Waals surface area contributed by atoms with Crippen LogP contribution in [0.15, 0.2) is 0 Å². The van der Waals surface area contributed by atoms with Crippen LogP contribution in [0.3, 0.4) is 0 Å². The number of rotatable bonds is 4. The van der Waals surface area contributed by atoms with Crippen molar-refractivity contribution in [1.82, 2.24) is 0 Å². The zero-order valence-electron chi connectivity index (χ0n) is 9.92. The van der Waals surface area contributed by atoms with Crippen molar-refractivity contribution in [3.63, 3.8) is 0 Å². The van der Waals surface area contributed by atoms with Gasteiger partial charge in [0.25, 0.3) is 0 Å². The van der Waals surface area contributed by atoms with Gasteiger partial charge in [0, 0.05) is 6.61 Å². The Balaban J connectivity index is 3.74. The smallest absolute Gasteiger partial charge is 0.115 e. The maximum absolute atomic E-state index is 9.42. The standard InChI is InChI=1S/C12H22O2/c1-6-7-11(13)8-10(2)9-14-12(3,4)5/h10-11,13H,8-9H2,1-5H3/t10-,11-/m1/s1. The largest absolute Gasteiger partial charge is 0.380 e. The third kappa shape index (κ3) is 8.10. The summed E-state index contributed by atoms with van der Waals surface area (Å²) >= 11 is 0. The van der Waals surface area contributed by atoms with E-state index in [4.69, 9.17) is 4.74 Å². The van der Waals surface area contributed by atoms with E-state index < -0.39 is 6.10 Å². The molecule has 0 heterocycles. The van der Waals surface area contributed by atoms with Crippen LogP contribution in [0, 0.1) is 17.8 Å². The van der Waals surface area contributed by atoms with Crippen LogP contribution in [0.25, 0.3) is 0 Å². The summed E-state index contributed by atoms with van der Waals surface area (Å²) in [6, 6.07) is 0. The quantitative estimate of drug-likeness (QED) is 0.702. The number of aliphatic hydroxyl groups is 1. The molecule has 0 aliphatic carbocycles. The minimum atomic E-state index is -0.515. The first-order valence-corrected chi connectivity index (χ1v) is 5.09. The minimum absolute atomic E-state index is 0.102. The van der Waals surface area contributed by atoms with Crippen molar-refractivity contribution in [2.45, 2.75) is 52.7 Å². The molecule has 2 atom stereocenters. The van der Waals surface area contributed by atoms with Crippen LogP contribution in [-0.2, 0) is 4.74 Å². The summed E-state index contributed by atoms with van der Waals surface area (Å²) in [5, 5.41) is 9.42. The van der Waals surface area contributed by atoms with Gasteiger partial charge in [0.15, 0.2) is 0 Å². The van der Waals surface area contributed by atoms with E-state index in [0.29, 0.717) is 18.9 Å². The maximum atomic E-state index is 9.42. The van der Waals surface area contributed by atoms with E-state index >= 15 is 0 Å². The average Bonchev–Trinajstić information content (AvgIpc) is 2.00. The highest BCUT2D eigenvalue weighted by Gasteiger charge is 2.14. The Kier molecular flexibility index (Phi) is 5.83. The number of hydrogen-bond donors (Lipinski definition) is 1. The summed E-state index contributed by atoms with van der Waals surface area (Å²) < 4.78 is 5.61. The van der Waals surface area contributed by atoms with Crippen LogP contribution < -0.4 is 0 Å². The molecule has 0 fully saturated rings. The van der Waals surface area contributed by atoms with Gasteiger partial charge in [0.1, 0.15) is 6.10 Å². The van der Waals surface area contributed by atoms with Crippen LogP contribution in [0.1, 0.15) is 41.0 Å². The highest BCUT2D eigenvalue weighted by atomic mass is 16.5. The SMILES string of the molecule is CC#C[C@@H](O)C[C@@H](C)COC(C)(C)C. The van der Waals surface area contributed by atoms with Gasteiger partial charge in [-0.25, -0.2) is 0 Å². The lowest BCUT2D eigenvalue weighted by Gasteiger charge is -2.22. The molecule has 0 aromatic rings. The second-order valence-corrected chi connectivity index (χ2v) is 4.67. The van der Waals surface area contributed by atoms with Gasteiger partial charge in [-0.3, -0.25) is 0 Å². The molecule has 0 unspecified atom stereocenters. The molecule has 0 radical (unpaired) electrons. The van der Waals surface area contributed by atoms with E-state index in [1.807, 2.05) is 20.8 Å². The summed E-state index contributed by atoms with van der Waals surface area (Å²) in [6.45, 7) is 10.6. The summed E-state index contributed by atoms with van der Waals surface area (Å²) in [7, 11) is 0. The van der Waals surface area contributed by atoms with Gasteiger partial charge in [0.2, 0.25) is 0 Å². The number of hydrogen-bond acceptors (Lipinski definition) is 2. The lowest BCUT2D eigenvalue weighted by atomic mass is 10.0. The van der Waals surface area contributed by atoms with E-state index in [2.05, 4.69) is 18.8 Å². The predicted octanol–water partition coefficient (Wildman–Crippen LogP) is 2.21. The van der Waals surface area contributed by atoms with Gasteiger partial charge < -0.3 is 9.84 Å².